The second-order valence-corrected chi connectivity index (χ2v) is 5.54. The van der Waals surface area contributed by atoms with Crippen LogP contribution in [0.5, 0.6) is 5.75 Å². The fourth-order valence-corrected chi connectivity index (χ4v) is 2.22. The lowest BCUT2D eigenvalue weighted by Crippen LogP contribution is -2.21. The lowest BCUT2D eigenvalue weighted by molar-refractivity contribution is -0.146. The summed E-state index contributed by atoms with van der Waals surface area (Å²) in [7, 11) is 0. The molecule has 0 saturated carbocycles. The van der Waals surface area contributed by atoms with Crippen molar-refractivity contribution in [3.63, 3.8) is 0 Å². The number of carbonyl (C=O) groups excluding carboxylic acids is 2. The average molecular weight is 381 g/mol. The average Bonchev–Trinajstić information content (AvgIpc) is 2.61. The first-order chi connectivity index (χ1) is 12.8. The zero-order chi connectivity index (χ0) is 19.9. The van der Waals surface area contributed by atoms with Gasteiger partial charge < -0.3 is 14.8 Å². The van der Waals surface area contributed by atoms with Crippen LogP contribution in [-0.4, -0.2) is 25.1 Å². The third-order valence-corrected chi connectivity index (χ3v) is 3.42. The minimum absolute atomic E-state index is 0.154. The quantitative estimate of drug-likeness (QED) is 0.741. The molecule has 0 aliphatic rings. The van der Waals surface area contributed by atoms with Gasteiger partial charge in [0.15, 0.2) is 6.61 Å². The van der Waals surface area contributed by atoms with Crippen molar-refractivity contribution in [1.82, 2.24) is 0 Å². The fraction of sp³-hybridized carbons (Fsp3) is 0.263. The predicted molar refractivity (Wildman–Crippen MR) is 92.3 cm³/mol. The van der Waals surface area contributed by atoms with Gasteiger partial charge in [-0.2, -0.15) is 13.2 Å². The molecule has 144 valence electrons. The summed E-state index contributed by atoms with van der Waals surface area (Å²) in [6, 6.07) is 11.0. The first-order valence-electron chi connectivity index (χ1n) is 8.12. The molecule has 0 atom stereocenters. The summed E-state index contributed by atoms with van der Waals surface area (Å²) in [6.07, 6.45) is -4.85. The van der Waals surface area contributed by atoms with Crippen LogP contribution in [0, 0.1) is 0 Å². The Morgan fingerprint density at radius 2 is 1.78 bits per heavy atom. The Morgan fingerprint density at radius 3 is 2.41 bits per heavy atom. The van der Waals surface area contributed by atoms with E-state index in [1.807, 2.05) is 6.92 Å². The second kappa shape index (κ2) is 9.07. The van der Waals surface area contributed by atoms with Crippen LogP contribution >= 0.6 is 0 Å². The van der Waals surface area contributed by atoms with Crippen molar-refractivity contribution < 1.29 is 32.2 Å². The summed E-state index contributed by atoms with van der Waals surface area (Å²) < 4.78 is 48.1. The molecule has 1 amide bonds. The number of ether oxygens (including phenoxy) is 2. The molecule has 2 rings (SSSR count). The number of hydrogen-bond donors (Lipinski definition) is 1. The number of carbonyl (C=O) groups is 2. The Hall–Kier alpha value is -3.03. The van der Waals surface area contributed by atoms with E-state index in [9.17, 15) is 22.8 Å². The standard InChI is InChI=1S/C19H18F3NO4/c1-2-26-16-8-6-15(7-9-16)23-17(24)12-27-18(25)11-13-4-3-5-14(10-13)19(20,21)22/h3-10H,2,11-12H2,1H3,(H,23,24). The number of halogens is 3. The molecule has 0 spiro atoms. The number of anilines is 1. The van der Waals surface area contributed by atoms with Crippen LogP contribution in [0.2, 0.25) is 0 Å². The smallest absolute Gasteiger partial charge is 0.416 e. The van der Waals surface area contributed by atoms with Crippen LogP contribution in [-0.2, 0) is 26.9 Å². The normalized spacial score (nSPS) is 11.0. The van der Waals surface area contributed by atoms with E-state index >= 15 is 0 Å². The molecule has 0 aliphatic carbocycles. The highest BCUT2D eigenvalue weighted by Gasteiger charge is 2.30. The summed E-state index contributed by atoms with van der Waals surface area (Å²) in [5.41, 5.74) is -0.194. The minimum atomic E-state index is -4.49. The summed E-state index contributed by atoms with van der Waals surface area (Å²) in [5.74, 6) is -0.698. The number of amides is 1. The first kappa shape index (κ1) is 20.3. The van der Waals surface area contributed by atoms with Crippen molar-refractivity contribution in [3.05, 3.63) is 59.7 Å². The Kier molecular flexibility index (Phi) is 6.81. The molecule has 0 bridgehead atoms. The van der Waals surface area contributed by atoms with Crippen LogP contribution in [0.4, 0.5) is 18.9 Å². The van der Waals surface area contributed by atoms with Gasteiger partial charge in [-0.25, -0.2) is 0 Å². The number of nitrogens with one attached hydrogen (secondary N) is 1. The summed E-state index contributed by atoms with van der Waals surface area (Å²) in [6.45, 7) is 1.84. The largest absolute Gasteiger partial charge is 0.494 e. The molecule has 8 heteroatoms. The van der Waals surface area contributed by atoms with Gasteiger partial charge in [-0.15, -0.1) is 0 Å². The maximum absolute atomic E-state index is 12.7. The van der Waals surface area contributed by atoms with Crippen molar-refractivity contribution in [1.29, 1.82) is 0 Å². The van der Waals surface area contributed by atoms with Crippen LogP contribution in [0.15, 0.2) is 48.5 Å². The molecular weight excluding hydrogens is 363 g/mol. The van der Waals surface area contributed by atoms with E-state index in [0.717, 1.165) is 12.1 Å². The number of alkyl halides is 3. The Morgan fingerprint density at radius 1 is 1.07 bits per heavy atom. The molecule has 5 nitrogen and oxygen atoms in total. The van der Waals surface area contributed by atoms with E-state index in [2.05, 4.69) is 5.32 Å². The van der Waals surface area contributed by atoms with Crippen molar-refractivity contribution in [3.8, 4) is 5.75 Å². The molecule has 27 heavy (non-hydrogen) atoms. The Balaban J connectivity index is 1.82. The first-order valence-corrected chi connectivity index (χ1v) is 8.12. The molecule has 0 fully saturated rings. The number of rotatable bonds is 7. The molecule has 2 aromatic rings. The van der Waals surface area contributed by atoms with Crippen molar-refractivity contribution in [2.75, 3.05) is 18.5 Å². The zero-order valence-electron chi connectivity index (χ0n) is 14.5. The van der Waals surface area contributed by atoms with Crippen LogP contribution in [0.3, 0.4) is 0 Å². The molecule has 0 aliphatic heterocycles. The topological polar surface area (TPSA) is 64.6 Å². The lowest BCUT2D eigenvalue weighted by Gasteiger charge is -2.09. The van der Waals surface area contributed by atoms with Gasteiger partial charge in [0, 0.05) is 5.69 Å². The Labute approximate surface area is 154 Å². The molecule has 0 unspecified atom stereocenters. The molecule has 2 aromatic carbocycles. The van der Waals surface area contributed by atoms with Crippen LogP contribution in [0.1, 0.15) is 18.1 Å². The third-order valence-electron chi connectivity index (χ3n) is 3.42. The highest BCUT2D eigenvalue weighted by Crippen LogP contribution is 2.29. The van der Waals surface area contributed by atoms with E-state index in [-0.39, 0.29) is 12.0 Å². The van der Waals surface area contributed by atoms with Crippen molar-refractivity contribution in [2.45, 2.75) is 19.5 Å². The van der Waals surface area contributed by atoms with Gasteiger partial charge in [0.2, 0.25) is 0 Å². The maximum atomic E-state index is 12.7. The summed E-state index contributed by atoms with van der Waals surface area (Å²) in [5, 5.41) is 2.54. The van der Waals surface area contributed by atoms with Crippen LogP contribution < -0.4 is 10.1 Å². The second-order valence-electron chi connectivity index (χ2n) is 5.54. The maximum Gasteiger partial charge on any atom is 0.416 e. The molecule has 1 N–H and O–H groups in total. The number of hydrogen-bond acceptors (Lipinski definition) is 4. The molecule has 0 heterocycles. The van der Waals surface area contributed by atoms with E-state index in [1.54, 1.807) is 24.3 Å². The zero-order valence-corrected chi connectivity index (χ0v) is 14.5. The van der Waals surface area contributed by atoms with Gasteiger partial charge in [0.1, 0.15) is 5.75 Å². The number of benzene rings is 2. The van der Waals surface area contributed by atoms with Crippen molar-refractivity contribution >= 4 is 17.6 Å². The fourth-order valence-electron chi connectivity index (χ4n) is 2.22. The van der Waals surface area contributed by atoms with Gasteiger partial charge in [-0.1, -0.05) is 18.2 Å². The molecule has 0 aromatic heterocycles. The third kappa shape index (κ3) is 6.65. The van der Waals surface area contributed by atoms with Gasteiger partial charge in [0.05, 0.1) is 18.6 Å². The van der Waals surface area contributed by atoms with Crippen molar-refractivity contribution in [2.24, 2.45) is 0 Å². The van der Waals surface area contributed by atoms with E-state index in [0.29, 0.717) is 18.0 Å². The Bertz CT molecular complexity index is 788. The van der Waals surface area contributed by atoms with Gasteiger partial charge in [0.25, 0.3) is 5.91 Å². The molecule has 0 radical (unpaired) electrons. The van der Waals surface area contributed by atoms with E-state index in [1.165, 1.54) is 12.1 Å². The summed E-state index contributed by atoms with van der Waals surface area (Å²) >= 11 is 0. The number of esters is 1. The van der Waals surface area contributed by atoms with E-state index < -0.39 is 30.2 Å². The van der Waals surface area contributed by atoms with Gasteiger partial charge in [-0.3, -0.25) is 9.59 Å². The predicted octanol–water partition coefficient (Wildman–Crippen LogP) is 3.83. The summed E-state index contributed by atoms with van der Waals surface area (Å²) in [4.78, 5) is 23.5. The van der Waals surface area contributed by atoms with E-state index in [4.69, 9.17) is 9.47 Å². The van der Waals surface area contributed by atoms with Gasteiger partial charge >= 0.3 is 12.1 Å². The lowest BCUT2D eigenvalue weighted by atomic mass is 10.1. The van der Waals surface area contributed by atoms with Gasteiger partial charge in [-0.05, 0) is 42.8 Å². The molecule has 0 saturated heterocycles. The highest BCUT2D eigenvalue weighted by atomic mass is 19.4. The minimum Gasteiger partial charge on any atom is -0.494 e. The monoisotopic (exact) mass is 381 g/mol. The van der Waals surface area contributed by atoms with Crippen LogP contribution in [0.25, 0.3) is 0 Å². The molecular formula is C19H18F3NO4. The SMILES string of the molecule is CCOc1ccc(NC(=O)COC(=O)Cc2cccc(C(F)(F)F)c2)cc1. The highest BCUT2D eigenvalue weighted by molar-refractivity contribution is 5.92.